The number of azo groups is 1. The molecule has 0 spiro atoms. The first-order valence-corrected chi connectivity index (χ1v) is 10.5. The number of methoxy groups -OCH3 is 1. The van der Waals surface area contributed by atoms with Crippen LogP contribution in [-0.4, -0.2) is 61.4 Å². The van der Waals surface area contributed by atoms with Gasteiger partial charge in [-0.15, -0.1) is 5.11 Å². The van der Waals surface area contributed by atoms with Crippen molar-refractivity contribution in [3.8, 4) is 0 Å². The number of likely N-dealkylation sites (N-methyl/N-ethyl adjacent to an activating group) is 1. The van der Waals surface area contributed by atoms with Gasteiger partial charge in [-0.05, 0) is 42.1 Å². The molecule has 172 valence electrons. The highest BCUT2D eigenvalue weighted by atomic mass is 32.3. The molecule has 0 saturated heterocycles. The van der Waals surface area contributed by atoms with Crippen molar-refractivity contribution in [3.63, 3.8) is 0 Å². The van der Waals surface area contributed by atoms with E-state index in [1.165, 1.54) is 12.7 Å². The third-order valence-corrected chi connectivity index (χ3v) is 4.53. The molecule has 2 heterocycles. The quantitative estimate of drug-likeness (QED) is 0.371. The van der Waals surface area contributed by atoms with E-state index < -0.39 is 16.4 Å². The van der Waals surface area contributed by atoms with Crippen molar-refractivity contribution in [2.75, 3.05) is 33.5 Å². The number of anilines is 1. The van der Waals surface area contributed by atoms with Crippen LogP contribution in [0.25, 0.3) is 0 Å². The van der Waals surface area contributed by atoms with Gasteiger partial charge < -0.3 is 15.4 Å². The maximum atomic E-state index is 11.4. The molecule has 0 fully saturated rings. The zero-order valence-electron chi connectivity index (χ0n) is 17.7. The van der Waals surface area contributed by atoms with Gasteiger partial charge in [0.2, 0.25) is 0 Å². The predicted octanol–water partition coefficient (Wildman–Crippen LogP) is 2.49. The predicted molar refractivity (Wildman–Crippen MR) is 117 cm³/mol. The fourth-order valence-corrected chi connectivity index (χ4v) is 2.53. The Balaban J connectivity index is 0.000000534. The summed E-state index contributed by atoms with van der Waals surface area (Å²) in [6.07, 6.45) is 7.66. The molecule has 1 aliphatic rings. The van der Waals surface area contributed by atoms with Crippen molar-refractivity contribution in [1.82, 2.24) is 14.7 Å². The van der Waals surface area contributed by atoms with Crippen molar-refractivity contribution in [1.29, 1.82) is 0 Å². The normalized spacial score (nSPS) is 13.5. The highest BCUT2D eigenvalue weighted by Crippen LogP contribution is 2.25. The number of carbonyl (C=O) groups is 1. The topological polar surface area (TPSA) is 162 Å². The molecular formula is C19H24N6O6S. The average Bonchev–Trinajstić information content (AvgIpc) is 3.11. The molecule has 1 aromatic carbocycles. The molecule has 13 heteroatoms. The fourth-order valence-electron chi connectivity index (χ4n) is 2.53. The molecule has 0 bridgehead atoms. The van der Waals surface area contributed by atoms with Crippen molar-refractivity contribution in [2.24, 2.45) is 10.2 Å². The number of esters is 1. The van der Waals surface area contributed by atoms with Crippen molar-refractivity contribution in [2.45, 2.75) is 6.54 Å². The van der Waals surface area contributed by atoms with Crippen LogP contribution in [0.2, 0.25) is 0 Å². The number of carbonyl (C=O) groups excluding carboxylic acids is 1. The molecule has 0 aliphatic carbocycles. The van der Waals surface area contributed by atoms with Crippen LogP contribution >= 0.6 is 0 Å². The number of nitrogens with two attached hydrogens (primary N) is 1. The highest BCUT2D eigenvalue weighted by Gasteiger charge is 2.11. The zero-order valence-corrected chi connectivity index (χ0v) is 18.6. The standard InChI is InChI=1S/C18H20N6O2.CH4O4S/c1-23-9-3-4-13(11-23)12-24-17(19)16(10-20-24)22-21-15-7-5-14(6-8-15)18(25)26-2;1-5-6(2,3)4/h3-10H,11-12,19H2,1-2H3;1H3,(H,2,3,4). The Morgan fingerprint density at radius 3 is 2.47 bits per heavy atom. The van der Waals surface area contributed by atoms with Gasteiger partial charge in [0.1, 0.15) is 11.5 Å². The summed E-state index contributed by atoms with van der Waals surface area (Å²) in [6.45, 7) is 1.43. The number of aromatic nitrogens is 2. The van der Waals surface area contributed by atoms with Crippen LogP contribution in [0.4, 0.5) is 17.2 Å². The number of nitrogens with zero attached hydrogens (tertiary/aromatic N) is 5. The highest BCUT2D eigenvalue weighted by molar-refractivity contribution is 7.80. The summed E-state index contributed by atoms with van der Waals surface area (Å²) in [7, 11) is 0.0646. The summed E-state index contributed by atoms with van der Waals surface area (Å²) < 4.78 is 36.1. The molecule has 32 heavy (non-hydrogen) atoms. The number of allylic oxidation sites excluding steroid dienone is 2. The van der Waals surface area contributed by atoms with Gasteiger partial charge in [0.15, 0.2) is 0 Å². The van der Waals surface area contributed by atoms with Crippen LogP contribution in [-0.2, 0) is 25.9 Å². The molecular weight excluding hydrogens is 440 g/mol. The molecule has 0 atom stereocenters. The lowest BCUT2D eigenvalue weighted by atomic mass is 10.2. The van der Waals surface area contributed by atoms with E-state index in [0.29, 0.717) is 29.3 Å². The summed E-state index contributed by atoms with van der Waals surface area (Å²) in [5, 5.41) is 12.6. The van der Waals surface area contributed by atoms with Gasteiger partial charge in [0.25, 0.3) is 0 Å². The van der Waals surface area contributed by atoms with Crippen LogP contribution in [0.15, 0.2) is 64.6 Å². The van der Waals surface area contributed by atoms with Gasteiger partial charge in [-0.1, -0.05) is 6.08 Å². The third-order valence-electron chi connectivity index (χ3n) is 4.11. The van der Waals surface area contributed by atoms with E-state index in [-0.39, 0.29) is 0 Å². The number of ether oxygens (including phenoxy) is 1. The lowest BCUT2D eigenvalue weighted by molar-refractivity contribution is 0.0600. The molecule has 1 aliphatic heterocycles. The Hall–Kier alpha value is -3.55. The molecule has 0 amide bonds. The van der Waals surface area contributed by atoms with Crippen molar-refractivity contribution in [3.05, 3.63) is 60.0 Å². The molecule has 12 nitrogen and oxygen atoms in total. The van der Waals surface area contributed by atoms with E-state index in [9.17, 15) is 13.2 Å². The van der Waals surface area contributed by atoms with Gasteiger partial charge in [-0.2, -0.15) is 18.6 Å². The second-order valence-corrected chi connectivity index (χ2v) is 7.68. The van der Waals surface area contributed by atoms with Crippen LogP contribution in [0, 0.1) is 0 Å². The summed E-state index contributed by atoms with van der Waals surface area (Å²) >= 11 is 0. The molecule has 0 unspecified atom stereocenters. The Bertz CT molecular complexity index is 1120. The number of hydrogen-bond acceptors (Lipinski definition) is 10. The summed E-state index contributed by atoms with van der Waals surface area (Å²) in [5.74, 6) is 0.0644. The van der Waals surface area contributed by atoms with E-state index >= 15 is 0 Å². The summed E-state index contributed by atoms with van der Waals surface area (Å²) in [4.78, 5) is 13.5. The van der Waals surface area contributed by atoms with Crippen molar-refractivity contribution >= 4 is 33.6 Å². The van der Waals surface area contributed by atoms with Gasteiger partial charge in [-0.25, -0.2) is 9.48 Å². The first-order valence-electron chi connectivity index (χ1n) is 9.14. The SMILES string of the molecule is COC(=O)c1ccc(N=Nc2cnn(CC3=CC=CN(C)C3)c2N)cc1.COS(=O)(=O)O. The van der Waals surface area contributed by atoms with E-state index in [0.717, 1.165) is 13.7 Å². The third kappa shape index (κ3) is 7.61. The molecule has 1 aromatic heterocycles. The second-order valence-electron chi connectivity index (χ2n) is 6.49. The van der Waals surface area contributed by atoms with Gasteiger partial charge in [-0.3, -0.25) is 8.74 Å². The lowest BCUT2D eigenvalue weighted by Gasteiger charge is -2.20. The number of benzene rings is 1. The van der Waals surface area contributed by atoms with Crippen LogP contribution in [0.3, 0.4) is 0 Å². The molecule has 3 rings (SSSR count). The Kier molecular flexibility index (Phi) is 8.63. The minimum atomic E-state index is -4.16. The van der Waals surface area contributed by atoms with E-state index in [4.69, 9.17) is 10.3 Å². The zero-order chi connectivity index (χ0) is 23.7. The first-order chi connectivity index (χ1) is 15.1. The van der Waals surface area contributed by atoms with Gasteiger partial charge >= 0.3 is 16.4 Å². The number of nitrogen functional groups attached to an aromatic ring is 1. The Morgan fingerprint density at radius 2 is 1.91 bits per heavy atom. The van der Waals surface area contributed by atoms with E-state index in [1.54, 1.807) is 35.1 Å². The van der Waals surface area contributed by atoms with E-state index in [1.807, 2.05) is 19.3 Å². The van der Waals surface area contributed by atoms with Crippen molar-refractivity contribution < 1.29 is 26.7 Å². The molecule has 0 radical (unpaired) electrons. The largest absolute Gasteiger partial charge is 0.465 e. The first kappa shape index (κ1) is 24.7. The Labute approximate surface area is 185 Å². The Morgan fingerprint density at radius 1 is 1.25 bits per heavy atom. The minimum absolute atomic E-state index is 0.392. The average molecular weight is 465 g/mol. The lowest BCUT2D eigenvalue weighted by Crippen LogP contribution is -2.20. The van der Waals surface area contributed by atoms with Crippen LogP contribution in [0.1, 0.15) is 10.4 Å². The van der Waals surface area contributed by atoms with E-state index in [2.05, 4.69) is 35.2 Å². The summed E-state index contributed by atoms with van der Waals surface area (Å²) in [5.41, 5.74) is 8.89. The smallest absolute Gasteiger partial charge is 0.397 e. The summed E-state index contributed by atoms with van der Waals surface area (Å²) in [6, 6.07) is 6.63. The maximum absolute atomic E-state index is 11.4. The van der Waals surface area contributed by atoms with Crippen LogP contribution < -0.4 is 5.73 Å². The molecule has 2 aromatic rings. The molecule has 3 N–H and O–H groups in total. The van der Waals surface area contributed by atoms with Crippen LogP contribution in [0.5, 0.6) is 0 Å². The molecule has 0 saturated carbocycles. The fraction of sp³-hybridized carbons (Fsp3) is 0.263. The minimum Gasteiger partial charge on any atom is -0.465 e. The second kappa shape index (κ2) is 11.2. The number of rotatable bonds is 6. The maximum Gasteiger partial charge on any atom is 0.397 e. The number of hydrogen-bond donors (Lipinski definition) is 2. The van der Waals surface area contributed by atoms with Gasteiger partial charge in [0.05, 0.1) is 38.2 Å². The monoisotopic (exact) mass is 464 g/mol. The van der Waals surface area contributed by atoms with Gasteiger partial charge in [0, 0.05) is 13.6 Å².